The molecule has 3 heteroatoms. The first-order valence-corrected chi connectivity index (χ1v) is 7.59. The third kappa shape index (κ3) is 2.19. The fraction of sp³-hybridized carbons (Fsp3) is 0.211. The van der Waals surface area contributed by atoms with Crippen LogP contribution < -0.4 is 9.64 Å². The van der Waals surface area contributed by atoms with Gasteiger partial charge in [-0.3, -0.25) is 4.98 Å². The summed E-state index contributed by atoms with van der Waals surface area (Å²) >= 11 is 0. The van der Waals surface area contributed by atoms with E-state index in [1.807, 2.05) is 18.3 Å². The maximum absolute atomic E-state index is 5.30. The molecule has 22 heavy (non-hydrogen) atoms. The van der Waals surface area contributed by atoms with Gasteiger partial charge in [-0.15, -0.1) is 0 Å². The SMILES string of the molecule is COc1ccc2c(N3CCc4ccccc4C3)ccnc2c1. The van der Waals surface area contributed by atoms with E-state index in [0.717, 1.165) is 30.8 Å². The molecule has 0 atom stereocenters. The molecule has 3 aromatic rings. The number of rotatable bonds is 2. The average Bonchev–Trinajstić information content (AvgIpc) is 2.60. The molecular formula is C19H18N2O. The lowest BCUT2D eigenvalue weighted by molar-refractivity contribution is 0.415. The van der Waals surface area contributed by atoms with E-state index in [1.165, 1.54) is 22.2 Å². The van der Waals surface area contributed by atoms with Crippen LogP contribution in [0.4, 0.5) is 5.69 Å². The van der Waals surface area contributed by atoms with Crippen LogP contribution in [-0.2, 0) is 13.0 Å². The van der Waals surface area contributed by atoms with E-state index in [4.69, 9.17) is 4.74 Å². The normalized spacial score (nSPS) is 14.0. The molecule has 1 aromatic heterocycles. The van der Waals surface area contributed by atoms with Gasteiger partial charge in [-0.2, -0.15) is 0 Å². The van der Waals surface area contributed by atoms with Crippen molar-refractivity contribution in [3.05, 3.63) is 65.9 Å². The van der Waals surface area contributed by atoms with Crippen LogP contribution in [0.5, 0.6) is 5.75 Å². The molecule has 0 N–H and O–H groups in total. The smallest absolute Gasteiger partial charge is 0.121 e. The predicted molar refractivity (Wildman–Crippen MR) is 89.5 cm³/mol. The second-order valence-corrected chi connectivity index (χ2v) is 5.65. The van der Waals surface area contributed by atoms with Gasteiger partial charge >= 0.3 is 0 Å². The van der Waals surface area contributed by atoms with Crippen LogP contribution in [0.1, 0.15) is 11.1 Å². The lowest BCUT2D eigenvalue weighted by Gasteiger charge is -2.31. The van der Waals surface area contributed by atoms with Crippen molar-refractivity contribution in [1.82, 2.24) is 4.98 Å². The fourth-order valence-corrected chi connectivity index (χ4v) is 3.22. The monoisotopic (exact) mass is 290 g/mol. The first-order chi connectivity index (χ1) is 10.8. The zero-order valence-corrected chi connectivity index (χ0v) is 12.6. The Bertz CT molecular complexity index is 829. The van der Waals surface area contributed by atoms with Crippen LogP contribution >= 0.6 is 0 Å². The minimum absolute atomic E-state index is 0.848. The topological polar surface area (TPSA) is 25.4 Å². The first kappa shape index (κ1) is 13.1. The van der Waals surface area contributed by atoms with Crippen molar-refractivity contribution in [2.75, 3.05) is 18.6 Å². The highest BCUT2D eigenvalue weighted by molar-refractivity contribution is 5.92. The molecule has 0 spiro atoms. The van der Waals surface area contributed by atoms with Gasteiger partial charge in [-0.05, 0) is 35.7 Å². The van der Waals surface area contributed by atoms with Gasteiger partial charge in [0.05, 0.1) is 12.6 Å². The highest BCUT2D eigenvalue weighted by Gasteiger charge is 2.18. The summed E-state index contributed by atoms with van der Waals surface area (Å²) in [4.78, 5) is 6.93. The van der Waals surface area contributed by atoms with Crippen LogP contribution in [0.25, 0.3) is 10.9 Å². The van der Waals surface area contributed by atoms with E-state index in [1.54, 1.807) is 7.11 Å². The molecule has 4 rings (SSSR count). The van der Waals surface area contributed by atoms with Crippen LogP contribution in [-0.4, -0.2) is 18.6 Å². The van der Waals surface area contributed by atoms with Crippen LogP contribution in [0.2, 0.25) is 0 Å². The van der Waals surface area contributed by atoms with Crippen molar-refractivity contribution in [2.24, 2.45) is 0 Å². The summed E-state index contributed by atoms with van der Waals surface area (Å²) < 4.78 is 5.30. The Morgan fingerprint density at radius 1 is 1.05 bits per heavy atom. The molecule has 0 aliphatic carbocycles. The third-order valence-electron chi connectivity index (χ3n) is 4.40. The Morgan fingerprint density at radius 3 is 2.77 bits per heavy atom. The number of hydrogen-bond acceptors (Lipinski definition) is 3. The van der Waals surface area contributed by atoms with Gasteiger partial charge < -0.3 is 9.64 Å². The van der Waals surface area contributed by atoms with Crippen molar-refractivity contribution in [1.29, 1.82) is 0 Å². The number of ether oxygens (including phenoxy) is 1. The maximum Gasteiger partial charge on any atom is 0.121 e. The minimum atomic E-state index is 0.848. The molecule has 0 radical (unpaired) electrons. The predicted octanol–water partition coefficient (Wildman–Crippen LogP) is 3.81. The van der Waals surface area contributed by atoms with E-state index < -0.39 is 0 Å². The number of anilines is 1. The van der Waals surface area contributed by atoms with E-state index in [2.05, 4.69) is 46.3 Å². The molecule has 3 nitrogen and oxygen atoms in total. The van der Waals surface area contributed by atoms with Crippen molar-refractivity contribution < 1.29 is 4.74 Å². The van der Waals surface area contributed by atoms with Crippen LogP contribution in [0.15, 0.2) is 54.7 Å². The summed E-state index contributed by atoms with van der Waals surface area (Å²) in [6.45, 7) is 2.00. The van der Waals surface area contributed by atoms with Gasteiger partial charge in [-0.1, -0.05) is 24.3 Å². The van der Waals surface area contributed by atoms with E-state index in [0.29, 0.717) is 0 Å². The van der Waals surface area contributed by atoms with Crippen LogP contribution in [0.3, 0.4) is 0 Å². The van der Waals surface area contributed by atoms with Crippen molar-refractivity contribution in [3.63, 3.8) is 0 Å². The number of methoxy groups -OCH3 is 1. The quantitative estimate of drug-likeness (QED) is 0.717. The Morgan fingerprint density at radius 2 is 1.91 bits per heavy atom. The van der Waals surface area contributed by atoms with Crippen molar-refractivity contribution in [2.45, 2.75) is 13.0 Å². The molecule has 1 aliphatic rings. The minimum Gasteiger partial charge on any atom is -0.497 e. The summed E-state index contributed by atoms with van der Waals surface area (Å²) in [5, 5.41) is 1.18. The molecular weight excluding hydrogens is 272 g/mol. The number of nitrogens with zero attached hydrogens (tertiary/aromatic N) is 2. The lowest BCUT2D eigenvalue weighted by Crippen LogP contribution is -2.30. The maximum atomic E-state index is 5.30. The van der Waals surface area contributed by atoms with Gasteiger partial charge in [-0.25, -0.2) is 0 Å². The Labute approximate surface area is 130 Å². The molecule has 0 fully saturated rings. The molecule has 0 saturated carbocycles. The molecule has 110 valence electrons. The van der Waals surface area contributed by atoms with E-state index >= 15 is 0 Å². The molecule has 0 saturated heterocycles. The highest BCUT2D eigenvalue weighted by Crippen LogP contribution is 2.31. The van der Waals surface area contributed by atoms with Gasteiger partial charge in [0.15, 0.2) is 0 Å². The highest BCUT2D eigenvalue weighted by atomic mass is 16.5. The number of hydrogen-bond donors (Lipinski definition) is 0. The Kier molecular flexibility index (Phi) is 3.19. The molecule has 0 bridgehead atoms. The van der Waals surface area contributed by atoms with Crippen molar-refractivity contribution >= 4 is 16.6 Å². The first-order valence-electron chi connectivity index (χ1n) is 7.59. The second kappa shape index (κ2) is 5.34. The fourth-order valence-electron chi connectivity index (χ4n) is 3.22. The third-order valence-corrected chi connectivity index (χ3v) is 4.40. The van der Waals surface area contributed by atoms with Gasteiger partial charge in [0.25, 0.3) is 0 Å². The summed E-state index contributed by atoms with van der Waals surface area (Å²) in [6, 6.07) is 16.9. The molecule has 0 unspecified atom stereocenters. The zero-order valence-electron chi connectivity index (χ0n) is 12.6. The van der Waals surface area contributed by atoms with Crippen molar-refractivity contribution in [3.8, 4) is 5.75 Å². The zero-order chi connectivity index (χ0) is 14.9. The summed E-state index contributed by atoms with van der Waals surface area (Å²) in [7, 11) is 1.69. The number of aromatic nitrogens is 1. The molecule has 2 aromatic carbocycles. The van der Waals surface area contributed by atoms with Crippen LogP contribution in [0, 0.1) is 0 Å². The average molecular weight is 290 g/mol. The largest absolute Gasteiger partial charge is 0.497 e. The van der Waals surface area contributed by atoms with Gasteiger partial charge in [0.2, 0.25) is 0 Å². The van der Waals surface area contributed by atoms with E-state index in [9.17, 15) is 0 Å². The number of benzene rings is 2. The van der Waals surface area contributed by atoms with Gasteiger partial charge in [0.1, 0.15) is 5.75 Å². The summed E-state index contributed by atoms with van der Waals surface area (Å²) in [5.74, 6) is 0.848. The standard InChI is InChI=1S/C19H18N2O/c1-22-16-6-7-17-18(12-16)20-10-8-19(17)21-11-9-14-4-2-3-5-15(14)13-21/h2-8,10,12H,9,11,13H2,1H3. The molecule has 0 amide bonds. The molecule has 1 aliphatic heterocycles. The number of fused-ring (bicyclic) bond motifs is 2. The lowest BCUT2D eigenvalue weighted by atomic mass is 9.99. The summed E-state index contributed by atoms with van der Waals surface area (Å²) in [6.07, 6.45) is 2.98. The van der Waals surface area contributed by atoms with Gasteiger partial charge in [0, 0.05) is 36.4 Å². The molecule has 2 heterocycles. The summed E-state index contributed by atoms with van der Waals surface area (Å²) in [5.41, 5.74) is 5.13. The van der Waals surface area contributed by atoms with E-state index in [-0.39, 0.29) is 0 Å². The Balaban J connectivity index is 1.76. The Hall–Kier alpha value is -2.55. The second-order valence-electron chi connectivity index (χ2n) is 5.65. The number of pyridine rings is 1.